The Morgan fingerprint density at radius 1 is 1.38 bits per heavy atom. The number of ether oxygens (including phenoxy) is 1. The highest BCUT2D eigenvalue weighted by Crippen LogP contribution is 2.29. The van der Waals surface area contributed by atoms with E-state index >= 15 is 0 Å². The molecule has 3 aromatic rings. The van der Waals surface area contributed by atoms with Crippen LogP contribution in [0, 0.1) is 0 Å². The number of aromatic nitrogens is 1. The molecule has 1 amide bonds. The summed E-state index contributed by atoms with van der Waals surface area (Å²) in [6.07, 6.45) is 6.64. The number of benzene rings is 1. The van der Waals surface area contributed by atoms with Gasteiger partial charge in [-0.25, -0.2) is 0 Å². The van der Waals surface area contributed by atoms with Crippen molar-refractivity contribution in [1.82, 2.24) is 10.3 Å². The van der Waals surface area contributed by atoms with Gasteiger partial charge in [-0.3, -0.25) is 9.78 Å². The third-order valence-electron chi connectivity index (χ3n) is 3.71. The number of fused-ring (bicyclic) bond motifs is 1. The number of nitrogens with zero attached hydrogens (tertiary/aromatic N) is 1. The summed E-state index contributed by atoms with van der Waals surface area (Å²) in [6.45, 7) is 5.93. The molecule has 2 heterocycles. The Labute approximate surface area is 140 Å². The fourth-order valence-electron chi connectivity index (χ4n) is 2.45. The fourth-order valence-corrected chi connectivity index (χ4v) is 2.45. The van der Waals surface area contributed by atoms with Crippen LogP contribution >= 0.6 is 0 Å². The smallest absolute Gasteiger partial charge is 0.252 e. The molecule has 0 radical (unpaired) electrons. The lowest BCUT2D eigenvalue weighted by Crippen LogP contribution is -2.26. The van der Waals surface area contributed by atoms with Crippen molar-refractivity contribution >= 4 is 16.9 Å². The summed E-state index contributed by atoms with van der Waals surface area (Å²) in [6, 6.07) is 8.86. The van der Waals surface area contributed by atoms with Gasteiger partial charge in [0.2, 0.25) is 0 Å². The number of furan rings is 1. The zero-order valence-electron chi connectivity index (χ0n) is 13.4. The molecule has 1 N–H and O–H groups in total. The number of amides is 1. The Morgan fingerprint density at radius 2 is 2.17 bits per heavy atom. The molecule has 0 saturated carbocycles. The molecule has 0 aliphatic heterocycles. The predicted octanol–water partition coefficient (Wildman–Crippen LogP) is 3.88. The monoisotopic (exact) mass is 322 g/mol. The van der Waals surface area contributed by atoms with Crippen LogP contribution in [0.3, 0.4) is 0 Å². The number of nitrogens with one attached hydrogen (secondary N) is 1. The van der Waals surface area contributed by atoms with E-state index in [0.29, 0.717) is 23.5 Å². The van der Waals surface area contributed by atoms with Crippen molar-refractivity contribution in [2.45, 2.75) is 13.0 Å². The van der Waals surface area contributed by atoms with Gasteiger partial charge in [-0.05, 0) is 42.8 Å². The highest BCUT2D eigenvalue weighted by atomic mass is 16.5. The Hall–Kier alpha value is -3.08. The van der Waals surface area contributed by atoms with E-state index in [2.05, 4.69) is 16.9 Å². The predicted molar refractivity (Wildman–Crippen MR) is 92.0 cm³/mol. The lowest BCUT2D eigenvalue weighted by atomic mass is 10.1. The minimum atomic E-state index is -0.193. The van der Waals surface area contributed by atoms with Crippen molar-refractivity contribution in [2.75, 3.05) is 6.61 Å². The molecule has 1 unspecified atom stereocenters. The first-order chi connectivity index (χ1) is 11.7. The van der Waals surface area contributed by atoms with Crippen LogP contribution in [0.4, 0.5) is 0 Å². The molecule has 0 saturated heterocycles. The van der Waals surface area contributed by atoms with E-state index in [1.807, 2.05) is 25.1 Å². The lowest BCUT2D eigenvalue weighted by molar-refractivity contribution is 0.0939. The van der Waals surface area contributed by atoms with Gasteiger partial charge in [-0.1, -0.05) is 12.7 Å². The molecule has 1 atom stereocenters. The van der Waals surface area contributed by atoms with Gasteiger partial charge in [0, 0.05) is 18.0 Å². The molecule has 2 aromatic heterocycles. The van der Waals surface area contributed by atoms with Gasteiger partial charge in [-0.15, -0.1) is 0 Å². The molecule has 3 rings (SSSR count). The maximum atomic E-state index is 12.6. The SMILES string of the molecule is C=CCOc1cc(C(=O)NC(C)c2ccncc2)cc2occc12. The summed E-state index contributed by atoms with van der Waals surface area (Å²) in [5, 5.41) is 3.80. The number of carbonyl (C=O) groups is 1. The molecule has 0 bridgehead atoms. The van der Waals surface area contributed by atoms with Gasteiger partial charge in [-0.2, -0.15) is 0 Å². The Morgan fingerprint density at radius 3 is 2.92 bits per heavy atom. The van der Waals surface area contributed by atoms with Gasteiger partial charge in [0.15, 0.2) is 0 Å². The first-order valence-electron chi connectivity index (χ1n) is 7.65. The molecule has 1 aromatic carbocycles. The molecule has 122 valence electrons. The van der Waals surface area contributed by atoms with Crippen LogP contribution in [-0.4, -0.2) is 17.5 Å². The molecule has 0 aliphatic rings. The standard InChI is InChI=1S/C19H18N2O3/c1-3-9-23-17-11-15(12-18-16(17)6-10-24-18)19(22)21-13(2)14-4-7-20-8-5-14/h3-8,10-13H,1,9H2,2H3,(H,21,22). The normalized spacial score (nSPS) is 11.9. The second-order valence-electron chi connectivity index (χ2n) is 5.38. The summed E-state index contributed by atoms with van der Waals surface area (Å²) in [7, 11) is 0. The first kappa shape index (κ1) is 15.8. The van der Waals surface area contributed by atoms with E-state index in [1.165, 1.54) is 0 Å². The number of pyridine rings is 1. The molecule has 24 heavy (non-hydrogen) atoms. The van der Waals surface area contributed by atoms with Crippen molar-refractivity contribution < 1.29 is 13.9 Å². The van der Waals surface area contributed by atoms with Gasteiger partial charge in [0.1, 0.15) is 17.9 Å². The summed E-state index contributed by atoms with van der Waals surface area (Å²) in [5.74, 6) is 0.406. The third-order valence-corrected chi connectivity index (χ3v) is 3.71. The zero-order valence-corrected chi connectivity index (χ0v) is 13.4. The highest BCUT2D eigenvalue weighted by Gasteiger charge is 2.15. The lowest BCUT2D eigenvalue weighted by Gasteiger charge is -2.15. The second-order valence-corrected chi connectivity index (χ2v) is 5.38. The van der Waals surface area contributed by atoms with E-state index < -0.39 is 0 Å². The molecule has 0 spiro atoms. The van der Waals surface area contributed by atoms with Crippen LogP contribution in [0.1, 0.15) is 28.9 Å². The molecule has 0 fully saturated rings. The van der Waals surface area contributed by atoms with Gasteiger partial charge < -0.3 is 14.5 Å². The molecular formula is C19H18N2O3. The minimum absolute atomic E-state index is 0.134. The van der Waals surface area contributed by atoms with Gasteiger partial charge >= 0.3 is 0 Å². The number of hydrogen-bond donors (Lipinski definition) is 1. The largest absolute Gasteiger partial charge is 0.489 e. The zero-order chi connectivity index (χ0) is 16.9. The van der Waals surface area contributed by atoms with Gasteiger partial charge in [0.25, 0.3) is 5.91 Å². The van der Waals surface area contributed by atoms with E-state index in [0.717, 1.165) is 10.9 Å². The Balaban J connectivity index is 1.85. The van der Waals surface area contributed by atoms with Gasteiger partial charge in [0.05, 0.1) is 17.7 Å². The number of carbonyl (C=O) groups excluding carboxylic acids is 1. The van der Waals surface area contributed by atoms with E-state index in [-0.39, 0.29) is 11.9 Å². The van der Waals surface area contributed by atoms with Crippen LogP contribution in [0.25, 0.3) is 11.0 Å². The fraction of sp³-hybridized carbons (Fsp3) is 0.158. The molecule has 5 heteroatoms. The van der Waals surface area contributed by atoms with Crippen LogP contribution < -0.4 is 10.1 Å². The van der Waals surface area contributed by atoms with Crippen molar-refractivity contribution in [3.8, 4) is 5.75 Å². The Kier molecular flexibility index (Phi) is 4.61. The minimum Gasteiger partial charge on any atom is -0.489 e. The van der Waals surface area contributed by atoms with Crippen LogP contribution in [0.15, 0.2) is 66.1 Å². The third kappa shape index (κ3) is 3.30. The van der Waals surface area contributed by atoms with Crippen LogP contribution in [0.2, 0.25) is 0 Å². The second kappa shape index (κ2) is 7.00. The highest BCUT2D eigenvalue weighted by molar-refractivity contribution is 5.99. The van der Waals surface area contributed by atoms with Crippen molar-refractivity contribution in [3.05, 3.63) is 72.8 Å². The van der Waals surface area contributed by atoms with Crippen molar-refractivity contribution in [1.29, 1.82) is 0 Å². The van der Waals surface area contributed by atoms with Crippen LogP contribution in [0.5, 0.6) is 5.75 Å². The average molecular weight is 322 g/mol. The summed E-state index contributed by atoms with van der Waals surface area (Å²) < 4.78 is 11.1. The maximum absolute atomic E-state index is 12.6. The van der Waals surface area contributed by atoms with Crippen molar-refractivity contribution in [2.24, 2.45) is 0 Å². The molecule has 0 aliphatic carbocycles. The average Bonchev–Trinajstić information content (AvgIpc) is 3.09. The topological polar surface area (TPSA) is 64.4 Å². The molecule has 5 nitrogen and oxygen atoms in total. The van der Waals surface area contributed by atoms with Crippen molar-refractivity contribution in [3.63, 3.8) is 0 Å². The van der Waals surface area contributed by atoms with E-state index in [4.69, 9.17) is 9.15 Å². The van der Waals surface area contributed by atoms with E-state index in [9.17, 15) is 4.79 Å². The summed E-state index contributed by atoms with van der Waals surface area (Å²) in [5.41, 5.74) is 2.08. The quantitative estimate of drug-likeness (QED) is 0.699. The summed E-state index contributed by atoms with van der Waals surface area (Å²) in [4.78, 5) is 16.6. The maximum Gasteiger partial charge on any atom is 0.252 e. The molecular weight excluding hydrogens is 304 g/mol. The number of hydrogen-bond acceptors (Lipinski definition) is 4. The first-order valence-corrected chi connectivity index (χ1v) is 7.65. The number of rotatable bonds is 6. The summed E-state index contributed by atoms with van der Waals surface area (Å²) >= 11 is 0. The van der Waals surface area contributed by atoms with E-state index in [1.54, 1.807) is 36.9 Å². The van der Waals surface area contributed by atoms with Crippen LogP contribution in [-0.2, 0) is 0 Å². The Bertz CT molecular complexity index is 855.